The highest BCUT2D eigenvalue weighted by molar-refractivity contribution is 5.98. The summed E-state index contributed by atoms with van der Waals surface area (Å²) in [5.41, 5.74) is 2.81. The summed E-state index contributed by atoms with van der Waals surface area (Å²) < 4.78 is 0. The molecule has 1 N–H and O–H groups in total. The molecule has 1 atom stereocenters. The first kappa shape index (κ1) is 13.4. The average molecular weight is 254 g/mol. The highest BCUT2D eigenvalue weighted by Gasteiger charge is 2.10. The Morgan fingerprint density at radius 1 is 1.16 bits per heavy atom. The van der Waals surface area contributed by atoms with Crippen molar-refractivity contribution in [3.63, 3.8) is 0 Å². The first-order valence-electron chi connectivity index (χ1n) is 6.49. The first-order chi connectivity index (χ1) is 9.35. The molecule has 3 nitrogen and oxygen atoms in total. The Morgan fingerprint density at radius 2 is 1.89 bits per heavy atom. The molecule has 0 aliphatic carbocycles. The number of aliphatic hydroxyl groups is 1. The molecule has 0 amide bonds. The van der Waals surface area contributed by atoms with Gasteiger partial charge in [-0.25, -0.2) is 0 Å². The summed E-state index contributed by atoms with van der Waals surface area (Å²) in [5.74, 6) is 0. The predicted molar refractivity (Wildman–Crippen MR) is 77.3 cm³/mol. The van der Waals surface area contributed by atoms with Gasteiger partial charge in [-0.05, 0) is 24.1 Å². The van der Waals surface area contributed by atoms with Crippen molar-refractivity contribution in [1.29, 1.82) is 0 Å². The van der Waals surface area contributed by atoms with Gasteiger partial charge in [0.1, 0.15) is 0 Å². The Bertz CT molecular complexity index is 523. The number of benzene rings is 1. The fourth-order valence-corrected chi connectivity index (χ4v) is 1.96. The molecule has 0 saturated heterocycles. The summed E-state index contributed by atoms with van der Waals surface area (Å²) in [6.45, 7) is 2.05. The molecule has 1 heterocycles. The third kappa shape index (κ3) is 3.48. The number of aromatic nitrogens is 1. The molecular weight excluding hydrogens is 236 g/mol. The van der Waals surface area contributed by atoms with Gasteiger partial charge < -0.3 is 5.11 Å². The van der Waals surface area contributed by atoms with Gasteiger partial charge in [-0.3, -0.25) is 9.98 Å². The smallest absolute Gasteiger partial charge is 0.0983 e. The van der Waals surface area contributed by atoms with Crippen LogP contribution in [0, 0.1) is 0 Å². The lowest BCUT2D eigenvalue weighted by atomic mass is 10.1. The fraction of sp³-hybridized carbons (Fsp3) is 0.250. The highest BCUT2D eigenvalue weighted by atomic mass is 16.3. The van der Waals surface area contributed by atoms with Gasteiger partial charge in [-0.15, -0.1) is 0 Å². The van der Waals surface area contributed by atoms with Crippen molar-refractivity contribution >= 4 is 5.71 Å². The Labute approximate surface area is 113 Å². The minimum atomic E-state index is -0.224. The van der Waals surface area contributed by atoms with Crippen LogP contribution in [0.25, 0.3) is 0 Å². The molecule has 0 saturated carbocycles. The van der Waals surface area contributed by atoms with Crippen LogP contribution in [0.3, 0.4) is 0 Å². The van der Waals surface area contributed by atoms with E-state index in [0.29, 0.717) is 0 Å². The van der Waals surface area contributed by atoms with Gasteiger partial charge in [0.25, 0.3) is 0 Å². The highest BCUT2D eigenvalue weighted by Crippen LogP contribution is 2.18. The summed E-state index contributed by atoms with van der Waals surface area (Å²) in [4.78, 5) is 8.98. The zero-order chi connectivity index (χ0) is 13.5. The van der Waals surface area contributed by atoms with E-state index in [9.17, 15) is 5.11 Å². The zero-order valence-electron chi connectivity index (χ0n) is 11.0. The summed E-state index contributed by atoms with van der Waals surface area (Å²) in [6.07, 6.45) is 2.55. The van der Waals surface area contributed by atoms with Gasteiger partial charge in [0.2, 0.25) is 0 Å². The van der Waals surface area contributed by atoms with Gasteiger partial charge in [-0.1, -0.05) is 43.3 Å². The molecule has 0 unspecified atom stereocenters. The molecule has 0 spiro atoms. The van der Waals surface area contributed by atoms with Crippen LogP contribution in [0.1, 0.15) is 30.6 Å². The number of hydrogen-bond acceptors (Lipinski definition) is 3. The van der Waals surface area contributed by atoms with Gasteiger partial charge in [0, 0.05) is 6.20 Å². The lowest BCUT2D eigenvalue weighted by Gasteiger charge is -2.12. The van der Waals surface area contributed by atoms with E-state index in [2.05, 4.69) is 9.98 Å². The Morgan fingerprint density at radius 3 is 2.47 bits per heavy atom. The Hall–Kier alpha value is -2.00. The van der Waals surface area contributed by atoms with E-state index in [1.165, 1.54) is 0 Å². The van der Waals surface area contributed by atoms with Crippen molar-refractivity contribution in [2.45, 2.75) is 19.4 Å². The van der Waals surface area contributed by atoms with Crippen LogP contribution in [-0.4, -0.2) is 22.4 Å². The van der Waals surface area contributed by atoms with Crippen molar-refractivity contribution in [3.8, 4) is 0 Å². The predicted octanol–water partition coefficient (Wildman–Crippen LogP) is 3.01. The standard InChI is InChI=1S/C16H18N2O/c1-2-14(15-10-6-7-11-17-15)18-16(12-19)13-8-4-3-5-9-13/h3-11,16,19H,2,12H2,1H3/t16-/m1/s1. The van der Waals surface area contributed by atoms with Crippen LogP contribution >= 0.6 is 0 Å². The minimum Gasteiger partial charge on any atom is -0.394 e. The number of nitrogens with zero attached hydrogens (tertiary/aromatic N) is 2. The zero-order valence-corrected chi connectivity index (χ0v) is 11.0. The van der Waals surface area contributed by atoms with Crippen LogP contribution < -0.4 is 0 Å². The molecular formula is C16H18N2O. The molecule has 2 rings (SSSR count). The molecule has 1 aromatic carbocycles. The molecule has 98 valence electrons. The molecule has 0 fully saturated rings. The van der Waals surface area contributed by atoms with Crippen molar-refractivity contribution < 1.29 is 5.11 Å². The molecule has 0 aliphatic rings. The fourth-order valence-electron chi connectivity index (χ4n) is 1.96. The van der Waals surface area contributed by atoms with Gasteiger partial charge >= 0.3 is 0 Å². The number of aliphatic hydroxyl groups excluding tert-OH is 1. The summed E-state index contributed by atoms with van der Waals surface area (Å²) >= 11 is 0. The Kier molecular flexibility index (Phi) is 4.81. The van der Waals surface area contributed by atoms with Gasteiger partial charge in [0.15, 0.2) is 0 Å². The van der Waals surface area contributed by atoms with Crippen LogP contribution in [0.15, 0.2) is 59.7 Å². The molecule has 1 aromatic heterocycles. The molecule has 3 heteroatoms. The van der Waals surface area contributed by atoms with Gasteiger partial charge in [0.05, 0.1) is 24.1 Å². The molecule has 0 radical (unpaired) electrons. The maximum atomic E-state index is 9.54. The van der Waals surface area contributed by atoms with E-state index in [-0.39, 0.29) is 12.6 Å². The van der Waals surface area contributed by atoms with Crippen molar-refractivity contribution in [1.82, 2.24) is 4.98 Å². The number of rotatable bonds is 5. The number of hydrogen-bond donors (Lipinski definition) is 1. The molecule has 2 aromatic rings. The van der Waals surface area contributed by atoms with E-state index >= 15 is 0 Å². The van der Waals surface area contributed by atoms with Crippen LogP contribution in [0.4, 0.5) is 0 Å². The van der Waals surface area contributed by atoms with Crippen LogP contribution in [0.2, 0.25) is 0 Å². The largest absolute Gasteiger partial charge is 0.394 e. The lowest BCUT2D eigenvalue weighted by molar-refractivity contribution is 0.269. The van der Waals surface area contributed by atoms with Crippen molar-refractivity contribution in [3.05, 3.63) is 66.0 Å². The van der Waals surface area contributed by atoms with Crippen LogP contribution in [0.5, 0.6) is 0 Å². The van der Waals surface area contributed by atoms with E-state index in [0.717, 1.165) is 23.4 Å². The summed E-state index contributed by atoms with van der Waals surface area (Å²) in [5, 5.41) is 9.54. The van der Waals surface area contributed by atoms with Crippen LogP contribution in [-0.2, 0) is 0 Å². The maximum absolute atomic E-state index is 9.54. The van der Waals surface area contributed by atoms with E-state index in [1.54, 1.807) is 6.20 Å². The molecule has 19 heavy (non-hydrogen) atoms. The average Bonchev–Trinajstić information content (AvgIpc) is 2.50. The van der Waals surface area contributed by atoms with E-state index < -0.39 is 0 Å². The van der Waals surface area contributed by atoms with Gasteiger partial charge in [-0.2, -0.15) is 0 Å². The normalized spacial score (nSPS) is 13.3. The quantitative estimate of drug-likeness (QED) is 0.834. The number of aliphatic imine (C=N–C) groups is 1. The Balaban J connectivity index is 2.31. The molecule has 0 bridgehead atoms. The monoisotopic (exact) mass is 254 g/mol. The summed E-state index contributed by atoms with van der Waals surface area (Å²) in [6, 6.07) is 15.4. The second-order valence-electron chi connectivity index (χ2n) is 4.25. The first-order valence-corrected chi connectivity index (χ1v) is 6.49. The van der Waals surface area contributed by atoms with E-state index in [1.807, 2.05) is 55.5 Å². The summed E-state index contributed by atoms with van der Waals surface area (Å²) in [7, 11) is 0. The SMILES string of the molecule is CCC(=N[C@H](CO)c1ccccc1)c1ccccn1. The lowest BCUT2D eigenvalue weighted by Crippen LogP contribution is -2.08. The molecule has 0 aliphatic heterocycles. The minimum absolute atomic E-state index is 0.000344. The van der Waals surface area contributed by atoms with E-state index in [4.69, 9.17) is 0 Å². The topological polar surface area (TPSA) is 45.5 Å². The number of pyridine rings is 1. The van der Waals surface area contributed by atoms with Crippen molar-refractivity contribution in [2.75, 3.05) is 6.61 Å². The second kappa shape index (κ2) is 6.81. The second-order valence-corrected chi connectivity index (χ2v) is 4.25. The third-order valence-electron chi connectivity index (χ3n) is 2.96. The maximum Gasteiger partial charge on any atom is 0.0983 e. The third-order valence-corrected chi connectivity index (χ3v) is 2.96. The van der Waals surface area contributed by atoms with Crippen molar-refractivity contribution in [2.24, 2.45) is 4.99 Å².